The highest BCUT2D eigenvalue weighted by Crippen LogP contribution is 2.26. The van der Waals surface area contributed by atoms with Gasteiger partial charge in [0.1, 0.15) is 5.82 Å². The van der Waals surface area contributed by atoms with E-state index in [9.17, 15) is 9.18 Å². The molecule has 0 aliphatic heterocycles. The molecule has 0 radical (unpaired) electrons. The molecule has 0 aromatic heterocycles. The third-order valence-electron chi connectivity index (χ3n) is 3.20. The topological polar surface area (TPSA) is 29.5 Å². The molecule has 1 atom stereocenters. The van der Waals surface area contributed by atoms with Crippen molar-refractivity contribution in [2.45, 2.75) is 12.8 Å². The first-order chi connectivity index (χ1) is 9.99. The molecule has 2 aromatic rings. The fourth-order valence-corrected chi connectivity index (χ4v) is 2.05. The number of rotatable bonds is 4. The summed E-state index contributed by atoms with van der Waals surface area (Å²) in [6, 6.07) is 14.1. The molecule has 0 heterocycles. The van der Waals surface area contributed by atoms with Crippen LogP contribution < -0.4 is 0 Å². The Morgan fingerprint density at radius 1 is 1.14 bits per heavy atom. The number of benzene rings is 2. The molecule has 0 saturated carbocycles. The van der Waals surface area contributed by atoms with Crippen molar-refractivity contribution >= 4 is 5.97 Å². The summed E-state index contributed by atoms with van der Waals surface area (Å²) >= 11 is 0. The summed E-state index contributed by atoms with van der Waals surface area (Å²) in [5.74, 6) is -1.28. The summed E-state index contributed by atoms with van der Waals surface area (Å²) < 4.78 is 14.3. The van der Waals surface area contributed by atoms with E-state index in [1.54, 1.807) is 33.2 Å². The van der Waals surface area contributed by atoms with Crippen LogP contribution in [0.3, 0.4) is 0 Å². The average molecular weight is 287 g/mol. The molecule has 0 amide bonds. The lowest BCUT2D eigenvalue weighted by molar-refractivity contribution is -0.179. The first-order valence-electron chi connectivity index (χ1n) is 6.73. The monoisotopic (exact) mass is 287 g/mol. The van der Waals surface area contributed by atoms with Crippen LogP contribution in [0.25, 0.3) is 11.1 Å². The zero-order valence-electron chi connectivity index (χ0n) is 12.3. The lowest BCUT2D eigenvalue weighted by Gasteiger charge is -2.15. The zero-order valence-corrected chi connectivity index (χ0v) is 12.3. The van der Waals surface area contributed by atoms with E-state index in [1.807, 2.05) is 30.3 Å². The molecule has 2 rings (SSSR count). The lowest BCUT2D eigenvalue weighted by Crippen LogP contribution is -2.22. The van der Waals surface area contributed by atoms with Gasteiger partial charge in [0, 0.05) is 19.7 Å². The summed E-state index contributed by atoms with van der Waals surface area (Å²) in [5.41, 5.74) is 1.93. The molecule has 110 valence electrons. The molecule has 0 aliphatic carbocycles. The number of halogens is 1. The van der Waals surface area contributed by atoms with Gasteiger partial charge in [-0.1, -0.05) is 42.5 Å². The second kappa shape index (κ2) is 6.50. The van der Waals surface area contributed by atoms with Gasteiger partial charge in [0.25, 0.3) is 0 Å². The Hall–Kier alpha value is -2.20. The summed E-state index contributed by atoms with van der Waals surface area (Å²) in [6.07, 6.45) is 0. The van der Waals surface area contributed by atoms with E-state index >= 15 is 0 Å². The van der Waals surface area contributed by atoms with Crippen LogP contribution in [0.15, 0.2) is 48.5 Å². The molecule has 3 nitrogen and oxygen atoms in total. The van der Waals surface area contributed by atoms with E-state index in [0.29, 0.717) is 11.1 Å². The molecular weight excluding hydrogens is 269 g/mol. The van der Waals surface area contributed by atoms with Crippen LogP contribution in [0, 0.1) is 5.82 Å². The van der Waals surface area contributed by atoms with Crippen molar-refractivity contribution in [1.29, 1.82) is 0 Å². The molecule has 21 heavy (non-hydrogen) atoms. The minimum atomic E-state index is -0.522. The van der Waals surface area contributed by atoms with Gasteiger partial charge in [0.15, 0.2) is 0 Å². The Morgan fingerprint density at radius 3 is 2.38 bits per heavy atom. The number of carbonyl (C=O) groups excluding carboxylic acids is 1. The fraction of sp³-hybridized carbons (Fsp3) is 0.235. The summed E-state index contributed by atoms with van der Waals surface area (Å²) in [4.78, 5) is 16.8. The SMILES string of the molecule is C[C@H](C(=O)ON(C)C)c1ccc(-c2ccccc2)c(F)c1. The van der Waals surface area contributed by atoms with E-state index in [0.717, 1.165) is 5.56 Å². The maximum Gasteiger partial charge on any atom is 0.332 e. The third kappa shape index (κ3) is 3.67. The second-order valence-corrected chi connectivity index (χ2v) is 5.05. The van der Waals surface area contributed by atoms with Crippen LogP contribution in [0.5, 0.6) is 0 Å². The minimum Gasteiger partial charge on any atom is -0.368 e. The molecular formula is C17H18FNO2. The number of hydrogen-bond donors (Lipinski definition) is 0. The standard InChI is InChI=1S/C17H18FNO2/c1-12(17(20)21-19(2)3)14-9-10-15(16(18)11-14)13-7-5-4-6-8-13/h4-12H,1-3H3/t12-/m0/s1. The highest BCUT2D eigenvalue weighted by Gasteiger charge is 2.19. The summed E-state index contributed by atoms with van der Waals surface area (Å²) in [7, 11) is 3.26. The van der Waals surface area contributed by atoms with Crippen LogP contribution in [0.2, 0.25) is 0 Å². The largest absolute Gasteiger partial charge is 0.368 e. The smallest absolute Gasteiger partial charge is 0.332 e. The zero-order chi connectivity index (χ0) is 15.4. The Labute approximate surface area is 123 Å². The molecule has 2 aromatic carbocycles. The lowest BCUT2D eigenvalue weighted by atomic mass is 9.97. The van der Waals surface area contributed by atoms with Gasteiger partial charge in [-0.2, -0.15) is 0 Å². The summed E-state index contributed by atoms with van der Waals surface area (Å²) in [6.45, 7) is 1.70. The minimum absolute atomic E-state index is 0.344. The van der Waals surface area contributed by atoms with Crippen molar-refractivity contribution in [3.63, 3.8) is 0 Å². The van der Waals surface area contributed by atoms with Crippen LogP contribution in [-0.4, -0.2) is 25.1 Å². The van der Waals surface area contributed by atoms with Gasteiger partial charge in [-0.25, -0.2) is 9.18 Å². The predicted octanol–water partition coefficient (Wildman–Crippen LogP) is 3.62. The van der Waals surface area contributed by atoms with Crippen molar-refractivity contribution in [2.24, 2.45) is 0 Å². The van der Waals surface area contributed by atoms with Crippen LogP contribution >= 0.6 is 0 Å². The maximum atomic E-state index is 14.3. The first kappa shape index (κ1) is 15.2. The van der Waals surface area contributed by atoms with Crippen LogP contribution in [0.4, 0.5) is 4.39 Å². The number of hydrogen-bond acceptors (Lipinski definition) is 3. The van der Waals surface area contributed by atoms with Crippen LogP contribution in [0.1, 0.15) is 18.4 Å². The van der Waals surface area contributed by atoms with Crippen molar-refractivity contribution in [3.05, 3.63) is 59.9 Å². The van der Waals surface area contributed by atoms with Gasteiger partial charge in [-0.05, 0) is 24.1 Å². The van der Waals surface area contributed by atoms with Gasteiger partial charge in [-0.3, -0.25) is 0 Å². The molecule has 0 N–H and O–H groups in total. The van der Waals surface area contributed by atoms with E-state index in [4.69, 9.17) is 4.84 Å². The highest BCUT2D eigenvalue weighted by molar-refractivity contribution is 5.78. The average Bonchev–Trinajstić information content (AvgIpc) is 2.46. The molecule has 0 fully saturated rings. The number of nitrogens with zero attached hydrogens (tertiary/aromatic N) is 1. The predicted molar refractivity (Wildman–Crippen MR) is 80.0 cm³/mol. The maximum absolute atomic E-state index is 14.3. The normalized spacial score (nSPS) is 12.2. The van der Waals surface area contributed by atoms with E-state index in [-0.39, 0.29) is 5.82 Å². The van der Waals surface area contributed by atoms with Crippen molar-refractivity contribution in [1.82, 2.24) is 5.06 Å². The highest BCUT2D eigenvalue weighted by atomic mass is 19.1. The fourth-order valence-electron chi connectivity index (χ4n) is 2.05. The van der Waals surface area contributed by atoms with Gasteiger partial charge in [0.2, 0.25) is 0 Å². The molecule has 0 unspecified atom stereocenters. The molecule has 0 saturated heterocycles. The van der Waals surface area contributed by atoms with E-state index in [2.05, 4.69) is 0 Å². The van der Waals surface area contributed by atoms with Crippen LogP contribution in [-0.2, 0) is 9.63 Å². The molecule has 0 bridgehead atoms. The quantitative estimate of drug-likeness (QED) is 0.804. The van der Waals surface area contributed by atoms with Gasteiger partial charge in [0.05, 0.1) is 5.92 Å². The Morgan fingerprint density at radius 2 is 1.81 bits per heavy atom. The molecule has 0 spiro atoms. The van der Waals surface area contributed by atoms with Crippen molar-refractivity contribution < 1.29 is 14.0 Å². The first-order valence-corrected chi connectivity index (χ1v) is 6.73. The van der Waals surface area contributed by atoms with Crippen molar-refractivity contribution in [3.8, 4) is 11.1 Å². The molecule has 4 heteroatoms. The van der Waals surface area contributed by atoms with Gasteiger partial charge >= 0.3 is 5.97 Å². The third-order valence-corrected chi connectivity index (χ3v) is 3.20. The van der Waals surface area contributed by atoms with E-state index in [1.165, 1.54) is 11.1 Å². The van der Waals surface area contributed by atoms with Crippen molar-refractivity contribution in [2.75, 3.05) is 14.1 Å². The van der Waals surface area contributed by atoms with E-state index < -0.39 is 11.9 Å². The number of carbonyl (C=O) groups is 1. The number of hydroxylamine groups is 2. The Kier molecular flexibility index (Phi) is 4.70. The van der Waals surface area contributed by atoms with Gasteiger partial charge in [-0.15, -0.1) is 5.06 Å². The molecule has 0 aliphatic rings. The summed E-state index contributed by atoms with van der Waals surface area (Å²) in [5, 5.41) is 1.33. The second-order valence-electron chi connectivity index (χ2n) is 5.05. The Balaban J connectivity index is 2.25. The Bertz CT molecular complexity index is 626. The van der Waals surface area contributed by atoms with Gasteiger partial charge < -0.3 is 4.84 Å².